The van der Waals surface area contributed by atoms with E-state index in [9.17, 15) is 5.26 Å². The summed E-state index contributed by atoms with van der Waals surface area (Å²) in [6, 6.07) is 17.4. The van der Waals surface area contributed by atoms with Crippen molar-refractivity contribution in [3.05, 3.63) is 70.9 Å². The lowest BCUT2D eigenvalue weighted by Gasteiger charge is -2.23. The van der Waals surface area contributed by atoms with Crippen molar-refractivity contribution in [2.24, 2.45) is 11.7 Å². The van der Waals surface area contributed by atoms with Crippen LogP contribution in [-0.2, 0) is 11.3 Å². The van der Waals surface area contributed by atoms with Gasteiger partial charge in [-0.05, 0) is 87.5 Å². The van der Waals surface area contributed by atoms with E-state index in [1.165, 1.54) is 27.6 Å². The molecule has 2 heterocycles. The quantitative estimate of drug-likeness (QED) is 0.444. The molecule has 0 aliphatic carbocycles. The summed E-state index contributed by atoms with van der Waals surface area (Å²) in [4.78, 5) is 0. The summed E-state index contributed by atoms with van der Waals surface area (Å²) >= 11 is 0. The first-order chi connectivity index (χ1) is 16.2. The van der Waals surface area contributed by atoms with Gasteiger partial charge >= 0.3 is 0 Å². The Morgan fingerprint density at radius 2 is 2.03 bits per heavy atom. The maximum atomic E-state index is 9.58. The number of fused-ring (bicyclic) bond motifs is 1. The van der Waals surface area contributed by atoms with E-state index in [0.29, 0.717) is 12.5 Å². The topological polar surface area (TPSA) is 76.0 Å². The molecule has 33 heavy (non-hydrogen) atoms. The number of nitrogens with zero attached hydrogens (tertiary/aromatic N) is 2. The second-order valence-electron chi connectivity index (χ2n) is 9.28. The van der Waals surface area contributed by atoms with Crippen molar-refractivity contribution in [1.29, 1.82) is 5.26 Å². The van der Waals surface area contributed by atoms with E-state index in [4.69, 9.17) is 10.5 Å². The monoisotopic (exact) mass is 444 g/mol. The van der Waals surface area contributed by atoms with E-state index in [2.05, 4.69) is 65.5 Å². The van der Waals surface area contributed by atoms with Crippen molar-refractivity contribution in [3.63, 3.8) is 0 Å². The van der Waals surface area contributed by atoms with Gasteiger partial charge in [0.2, 0.25) is 0 Å². The zero-order chi connectivity index (χ0) is 23.0. The van der Waals surface area contributed by atoms with Crippen LogP contribution in [0, 0.1) is 24.2 Å². The highest BCUT2D eigenvalue weighted by molar-refractivity contribution is 5.86. The molecule has 0 amide bonds. The number of rotatable bonds is 10. The van der Waals surface area contributed by atoms with E-state index in [1.54, 1.807) is 0 Å². The van der Waals surface area contributed by atoms with E-state index < -0.39 is 0 Å². The van der Waals surface area contributed by atoms with E-state index in [0.717, 1.165) is 64.1 Å². The van der Waals surface area contributed by atoms with Crippen LogP contribution >= 0.6 is 0 Å². The number of benzene rings is 2. The molecule has 0 spiro atoms. The summed E-state index contributed by atoms with van der Waals surface area (Å²) in [5.74, 6) is 0.899. The summed E-state index contributed by atoms with van der Waals surface area (Å²) in [7, 11) is 0. The number of ether oxygens (including phenoxy) is 1. The third-order valence-corrected chi connectivity index (χ3v) is 6.82. The van der Waals surface area contributed by atoms with Gasteiger partial charge in [-0.1, -0.05) is 29.8 Å². The highest BCUT2D eigenvalue weighted by Gasteiger charge is 2.22. The Morgan fingerprint density at radius 3 is 2.79 bits per heavy atom. The lowest BCUT2D eigenvalue weighted by atomic mass is 9.87. The van der Waals surface area contributed by atoms with Crippen LogP contribution < -0.4 is 11.1 Å². The minimum absolute atomic E-state index is 0.266. The molecule has 174 valence electrons. The minimum atomic E-state index is 0.266. The van der Waals surface area contributed by atoms with Gasteiger partial charge in [0, 0.05) is 42.8 Å². The van der Waals surface area contributed by atoms with Crippen molar-refractivity contribution in [3.8, 4) is 6.07 Å². The molecular formula is C28H36N4O. The highest BCUT2D eigenvalue weighted by atomic mass is 16.5. The third kappa shape index (κ3) is 5.83. The number of nitrogens with one attached hydrogen (secondary N) is 1. The molecule has 5 nitrogen and oxygen atoms in total. The van der Waals surface area contributed by atoms with Crippen molar-refractivity contribution in [2.45, 2.75) is 45.1 Å². The van der Waals surface area contributed by atoms with Crippen LogP contribution in [0.4, 0.5) is 0 Å². The molecule has 1 saturated heterocycles. The second-order valence-corrected chi connectivity index (χ2v) is 9.28. The fraction of sp³-hybridized carbons (Fsp3) is 0.464. The van der Waals surface area contributed by atoms with Crippen molar-refractivity contribution >= 4 is 10.9 Å². The van der Waals surface area contributed by atoms with Crippen LogP contribution in [0.5, 0.6) is 0 Å². The molecule has 1 aliphatic rings. The SMILES string of the molecule is Cc1cccc(C(CCNCCCN)c2cn(CC3CCOCC3)c3ccc(C#N)cc23)c1. The molecule has 0 bridgehead atoms. The average Bonchev–Trinajstić information content (AvgIpc) is 3.19. The first-order valence-electron chi connectivity index (χ1n) is 12.3. The van der Waals surface area contributed by atoms with Crippen molar-refractivity contribution in [1.82, 2.24) is 9.88 Å². The molecule has 2 aromatic carbocycles. The van der Waals surface area contributed by atoms with Gasteiger partial charge in [-0.2, -0.15) is 5.26 Å². The maximum Gasteiger partial charge on any atom is 0.0991 e. The van der Waals surface area contributed by atoms with Crippen LogP contribution in [0.3, 0.4) is 0 Å². The van der Waals surface area contributed by atoms with Crippen LogP contribution in [0.1, 0.15) is 53.9 Å². The molecule has 5 heteroatoms. The second kappa shape index (κ2) is 11.5. The molecule has 4 rings (SSSR count). The van der Waals surface area contributed by atoms with E-state index in [1.807, 2.05) is 6.07 Å². The number of hydrogen-bond acceptors (Lipinski definition) is 4. The predicted molar refractivity (Wildman–Crippen MR) is 134 cm³/mol. The number of hydrogen-bond donors (Lipinski definition) is 2. The van der Waals surface area contributed by atoms with Gasteiger partial charge in [-0.15, -0.1) is 0 Å². The smallest absolute Gasteiger partial charge is 0.0991 e. The maximum absolute atomic E-state index is 9.58. The van der Waals surface area contributed by atoms with Gasteiger partial charge in [-0.25, -0.2) is 0 Å². The van der Waals surface area contributed by atoms with Crippen LogP contribution in [0.15, 0.2) is 48.7 Å². The lowest BCUT2D eigenvalue weighted by Crippen LogP contribution is -2.21. The Morgan fingerprint density at radius 1 is 1.18 bits per heavy atom. The Labute approximate surface area is 197 Å². The number of aromatic nitrogens is 1. The Balaban J connectivity index is 1.72. The Kier molecular flexibility index (Phi) is 8.17. The van der Waals surface area contributed by atoms with Gasteiger partial charge in [-0.3, -0.25) is 0 Å². The van der Waals surface area contributed by atoms with Crippen molar-refractivity contribution in [2.75, 3.05) is 32.8 Å². The number of aryl methyl sites for hydroxylation is 1. The van der Waals surface area contributed by atoms with Crippen molar-refractivity contribution < 1.29 is 4.74 Å². The van der Waals surface area contributed by atoms with Gasteiger partial charge in [0.15, 0.2) is 0 Å². The largest absolute Gasteiger partial charge is 0.381 e. The van der Waals surface area contributed by atoms with Gasteiger partial charge in [0.05, 0.1) is 11.6 Å². The van der Waals surface area contributed by atoms with Gasteiger partial charge in [0.25, 0.3) is 0 Å². The molecule has 1 aliphatic heterocycles. The van der Waals surface area contributed by atoms with E-state index in [-0.39, 0.29) is 5.92 Å². The zero-order valence-electron chi connectivity index (χ0n) is 19.7. The molecular weight excluding hydrogens is 408 g/mol. The molecule has 1 aromatic heterocycles. The third-order valence-electron chi connectivity index (χ3n) is 6.82. The summed E-state index contributed by atoms with van der Waals surface area (Å²) in [6.45, 7) is 7.46. The fourth-order valence-corrected chi connectivity index (χ4v) is 5.02. The summed E-state index contributed by atoms with van der Waals surface area (Å²) in [5.41, 5.74) is 11.5. The molecule has 3 N–H and O–H groups in total. The standard InChI is InChI=1S/C28H36N4O/c1-21-4-2-5-24(16-21)25(8-13-31-12-3-11-29)27-20-32(19-22-9-14-33-15-10-22)28-7-6-23(18-30)17-26(27)28/h2,4-7,16-17,20,22,25,31H,3,8-15,19,29H2,1H3. The molecule has 1 atom stereocenters. The van der Waals surface area contributed by atoms with Gasteiger partial charge < -0.3 is 20.4 Å². The van der Waals surface area contributed by atoms with E-state index >= 15 is 0 Å². The Hall–Kier alpha value is -2.65. The predicted octanol–water partition coefficient (Wildman–Crippen LogP) is 4.71. The first-order valence-corrected chi connectivity index (χ1v) is 12.3. The molecule has 0 saturated carbocycles. The van der Waals surface area contributed by atoms with Crippen LogP contribution in [0.2, 0.25) is 0 Å². The molecule has 1 fully saturated rings. The van der Waals surface area contributed by atoms with Gasteiger partial charge in [0.1, 0.15) is 0 Å². The van der Waals surface area contributed by atoms with Crippen LogP contribution in [-0.4, -0.2) is 37.4 Å². The summed E-state index contributed by atoms with van der Waals surface area (Å²) in [6.07, 6.45) is 6.57. The lowest BCUT2D eigenvalue weighted by molar-refractivity contribution is 0.0616. The van der Waals surface area contributed by atoms with Crippen LogP contribution in [0.25, 0.3) is 10.9 Å². The average molecular weight is 445 g/mol. The minimum Gasteiger partial charge on any atom is -0.381 e. The first kappa shape index (κ1) is 23.5. The fourth-order valence-electron chi connectivity index (χ4n) is 5.02. The Bertz CT molecular complexity index is 1090. The molecule has 3 aromatic rings. The number of nitriles is 1. The number of nitrogens with two attached hydrogens (primary N) is 1. The highest BCUT2D eigenvalue weighted by Crippen LogP contribution is 2.36. The normalized spacial score (nSPS) is 15.5. The summed E-state index contributed by atoms with van der Waals surface area (Å²) < 4.78 is 8.00. The molecule has 1 unspecified atom stereocenters. The summed E-state index contributed by atoms with van der Waals surface area (Å²) in [5, 5.41) is 14.3. The molecule has 0 radical (unpaired) electrons. The zero-order valence-corrected chi connectivity index (χ0v) is 19.7.